The Kier molecular flexibility index (Phi) is 4.67. The molecule has 2 aromatic rings. The van der Waals surface area contributed by atoms with Crippen LogP contribution in [0.5, 0.6) is 0 Å². The summed E-state index contributed by atoms with van der Waals surface area (Å²) in [5, 5.41) is 10.3. The van der Waals surface area contributed by atoms with Crippen LogP contribution in [-0.4, -0.2) is 5.11 Å². The second-order valence-electron chi connectivity index (χ2n) is 5.91. The third-order valence-corrected chi connectivity index (χ3v) is 5.50. The molecule has 4 heteroatoms. The molecule has 108 valence electrons. The second kappa shape index (κ2) is 5.96. The smallest absolute Gasteiger partial charge is 0.123 e. The molecule has 0 radical (unpaired) electrons. The molecule has 1 aromatic carbocycles. The van der Waals surface area contributed by atoms with Crippen LogP contribution < -0.4 is 0 Å². The molecule has 1 atom stereocenters. The van der Waals surface area contributed by atoms with Gasteiger partial charge in [-0.2, -0.15) is 0 Å². The van der Waals surface area contributed by atoms with Gasteiger partial charge in [0, 0.05) is 20.6 Å². The van der Waals surface area contributed by atoms with Crippen LogP contribution in [0.1, 0.15) is 42.2 Å². The molecule has 0 aliphatic rings. The molecule has 0 saturated heterocycles. The molecule has 0 bridgehead atoms. The fourth-order valence-electron chi connectivity index (χ4n) is 1.94. The lowest BCUT2D eigenvalue weighted by Crippen LogP contribution is -2.08. The number of aliphatic hydroxyl groups excluding tert-OH is 1. The topological polar surface area (TPSA) is 20.2 Å². The first-order valence-corrected chi connectivity index (χ1v) is 8.10. The van der Waals surface area contributed by atoms with E-state index in [1.54, 1.807) is 17.4 Å². The molecule has 0 fully saturated rings. The lowest BCUT2D eigenvalue weighted by atomic mass is 9.95. The molecule has 0 saturated carbocycles. The van der Waals surface area contributed by atoms with E-state index in [4.69, 9.17) is 0 Å². The molecule has 2 rings (SSSR count). The van der Waals surface area contributed by atoms with Gasteiger partial charge in [0.25, 0.3) is 0 Å². The molecule has 0 amide bonds. The number of benzene rings is 1. The SMILES string of the molecule is CC(C)(C)c1ccc(C(O)Cc2cc(F)ccc2Br)s1. The van der Waals surface area contributed by atoms with Gasteiger partial charge in [-0.3, -0.25) is 0 Å². The van der Waals surface area contributed by atoms with E-state index in [0.29, 0.717) is 6.42 Å². The van der Waals surface area contributed by atoms with E-state index in [-0.39, 0.29) is 11.2 Å². The normalized spacial score (nSPS) is 13.5. The van der Waals surface area contributed by atoms with Crippen molar-refractivity contribution in [2.75, 3.05) is 0 Å². The third-order valence-electron chi connectivity index (χ3n) is 3.12. The highest BCUT2D eigenvalue weighted by Gasteiger charge is 2.19. The highest BCUT2D eigenvalue weighted by molar-refractivity contribution is 9.10. The lowest BCUT2D eigenvalue weighted by Gasteiger charge is -2.16. The van der Waals surface area contributed by atoms with Crippen LogP contribution in [0.3, 0.4) is 0 Å². The Morgan fingerprint density at radius 3 is 2.55 bits per heavy atom. The van der Waals surface area contributed by atoms with Crippen molar-refractivity contribution in [1.82, 2.24) is 0 Å². The zero-order chi connectivity index (χ0) is 14.9. The Morgan fingerprint density at radius 1 is 1.25 bits per heavy atom. The van der Waals surface area contributed by atoms with E-state index >= 15 is 0 Å². The summed E-state index contributed by atoms with van der Waals surface area (Å²) in [4.78, 5) is 2.16. The van der Waals surface area contributed by atoms with Crippen LogP contribution in [0.15, 0.2) is 34.8 Å². The van der Waals surface area contributed by atoms with Crippen LogP contribution >= 0.6 is 27.3 Å². The molecule has 0 aliphatic carbocycles. The predicted molar refractivity (Wildman–Crippen MR) is 85.8 cm³/mol. The maximum atomic E-state index is 13.3. The number of hydrogen-bond acceptors (Lipinski definition) is 2. The molecule has 0 aliphatic heterocycles. The van der Waals surface area contributed by atoms with Crippen molar-refractivity contribution in [3.63, 3.8) is 0 Å². The number of hydrogen-bond donors (Lipinski definition) is 1. The van der Waals surface area contributed by atoms with Gasteiger partial charge in [0.05, 0.1) is 6.10 Å². The van der Waals surface area contributed by atoms with Crippen molar-refractivity contribution in [3.05, 3.63) is 55.9 Å². The second-order valence-corrected chi connectivity index (χ2v) is 7.88. The van der Waals surface area contributed by atoms with Gasteiger partial charge in [-0.25, -0.2) is 4.39 Å². The number of rotatable bonds is 3. The van der Waals surface area contributed by atoms with Crippen molar-refractivity contribution in [2.45, 2.75) is 38.7 Å². The Balaban J connectivity index is 2.18. The number of aliphatic hydroxyl groups is 1. The zero-order valence-electron chi connectivity index (χ0n) is 11.8. The van der Waals surface area contributed by atoms with Crippen LogP contribution in [0.2, 0.25) is 0 Å². The van der Waals surface area contributed by atoms with Crippen molar-refractivity contribution in [1.29, 1.82) is 0 Å². The van der Waals surface area contributed by atoms with Crippen molar-refractivity contribution >= 4 is 27.3 Å². The highest BCUT2D eigenvalue weighted by atomic mass is 79.9. The van der Waals surface area contributed by atoms with E-state index in [1.165, 1.54) is 17.0 Å². The molecule has 1 heterocycles. The average molecular weight is 357 g/mol. The first kappa shape index (κ1) is 15.7. The van der Waals surface area contributed by atoms with Crippen LogP contribution in [-0.2, 0) is 11.8 Å². The number of thiophene rings is 1. The maximum Gasteiger partial charge on any atom is 0.123 e. The summed E-state index contributed by atoms with van der Waals surface area (Å²) in [5.41, 5.74) is 0.866. The molecule has 1 N–H and O–H groups in total. The summed E-state index contributed by atoms with van der Waals surface area (Å²) in [6, 6.07) is 8.56. The molecule has 20 heavy (non-hydrogen) atoms. The maximum absolute atomic E-state index is 13.3. The average Bonchev–Trinajstić information content (AvgIpc) is 2.83. The van der Waals surface area contributed by atoms with Gasteiger partial charge in [0.1, 0.15) is 5.82 Å². The number of halogens is 2. The highest BCUT2D eigenvalue weighted by Crippen LogP contribution is 2.34. The quantitative estimate of drug-likeness (QED) is 0.798. The first-order valence-electron chi connectivity index (χ1n) is 6.49. The Morgan fingerprint density at radius 2 is 1.95 bits per heavy atom. The molecule has 0 spiro atoms. The predicted octanol–water partition coefficient (Wildman–Crippen LogP) is 5.22. The summed E-state index contributed by atoms with van der Waals surface area (Å²) in [6.45, 7) is 6.45. The lowest BCUT2D eigenvalue weighted by molar-refractivity contribution is 0.182. The van der Waals surface area contributed by atoms with E-state index in [2.05, 4.69) is 42.8 Å². The monoisotopic (exact) mass is 356 g/mol. The third kappa shape index (κ3) is 3.68. The van der Waals surface area contributed by atoms with E-state index in [9.17, 15) is 9.50 Å². The molecular formula is C16H18BrFOS. The van der Waals surface area contributed by atoms with Crippen LogP contribution in [0, 0.1) is 5.82 Å². The fourth-order valence-corrected chi connectivity index (χ4v) is 3.40. The molecule has 1 unspecified atom stereocenters. The van der Waals surface area contributed by atoms with Gasteiger partial charge in [0.2, 0.25) is 0 Å². The van der Waals surface area contributed by atoms with Crippen molar-refractivity contribution < 1.29 is 9.50 Å². The minimum Gasteiger partial charge on any atom is -0.387 e. The van der Waals surface area contributed by atoms with Gasteiger partial charge in [-0.05, 0) is 41.3 Å². The van der Waals surface area contributed by atoms with Gasteiger partial charge < -0.3 is 5.11 Å². The molecule has 1 aromatic heterocycles. The summed E-state index contributed by atoms with van der Waals surface area (Å²) in [7, 11) is 0. The van der Waals surface area contributed by atoms with Crippen LogP contribution in [0.25, 0.3) is 0 Å². The minimum absolute atomic E-state index is 0.0854. The summed E-state index contributed by atoms with van der Waals surface area (Å²) >= 11 is 5.01. The standard InChI is InChI=1S/C16H18BrFOS/c1-16(2,3)15-7-6-14(20-15)13(19)9-10-8-11(18)4-5-12(10)17/h4-8,13,19H,9H2,1-3H3. The largest absolute Gasteiger partial charge is 0.387 e. The zero-order valence-corrected chi connectivity index (χ0v) is 14.2. The summed E-state index contributed by atoms with van der Waals surface area (Å²) in [6.07, 6.45) is -0.197. The summed E-state index contributed by atoms with van der Waals surface area (Å²) < 4.78 is 14.1. The van der Waals surface area contributed by atoms with E-state index < -0.39 is 6.10 Å². The van der Waals surface area contributed by atoms with E-state index in [1.807, 2.05) is 6.07 Å². The Hall–Kier alpha value is -0.710. The van der Waals surface area contributed by atoms with Gasteiger partial charge in [-0.15, -0.1) is 11.3 Å². The fraction of sp³-hybridized carbons (Fsp3) is 0.375. The van der Waals surface area contributed by atoms with Crippen LogP contribution in [0.4, 0.5) is 4.39 Å². The van der Waals surface area contributed by atoms with E-state index in [0.717, 1.165) is 14.9 Å². The molecular weight excluding hydrogens is 339 g/mol. The first-order chi connectivity index (χ1) is 9.27. The summed E-state index contributed by atoms with van der Waals surface area (Å²) in [5.74, 6) is -0.281. The van der Waals surface area contributed by atoms with Gasteiger partial charge in [0.15, 0.2) is 0 Å². The van der Waals surface area contributed by atoms with Crippen molar-refractivity contribution in [2.24, 2.45) is 0 Å². The minimum atomic E-state index is -0.603. The van der Waals surface area contributed by atoms with Gasteiger partial charge >= 0.3 is 0 Å². The Bertz CT molecular complexity index is 601. The van der Waals surface area contributed by atoms with Gasteiger partial charge in [-0.1, -0.05) is 36.7 Å². The Labute approximate surface area is 131 Å². The molecule has 1 nitrogen and oxygen atoms in total. The van der Waals surface area contributed by atoms with Crippen molar-refractivity contribution in [3.8, 4) is 0 Å².